The third-order valence-corrected chi connectivity index (χ3v) is 4.33. The fourth-order valence-electron chi connectivity index (χ4n) is 3.24. The SMILES string of the molecule is O=C(N[C@@H]1CCc2ccccc21)C1COc2ncccc21. The number of aromatic nitrogens is 1. The zero-order valence-corrected chi connectivity index (χ0v) is 11.6. The first-order valence-corrected chi connectivity index (χ1v) is 7.29. The van der Waals surface area contributed by atoms with E-state index in [-0.39, 0.29) is 17.9 Å². The number of fused-ring (bicyclic) bond motifs is 2. The van der Waals surface area contributed by atoms with E-state index >= 15 is 0 Å². The van der Waals surface area contributed by atoms with E-state index in [9.17, 15) is 4.79 Å². The minimum absolute atomic E-state index is 0.0310. The molecule has 0 saturated carbocycles. The van der Waals surface area contributed by atoms with Crippen LogP contribution in [0, 0.1) is 0 Å². The average Bonchev–Trinajstić information content (AvgIpc) is 3.12. The number of nitrogens with zero attached hydrogens (tertiary/aromatic N) is 1. The van der Waals surface area contributed by atoms with Crippen molar-refractivity contribution in [1.29, 1.82) is 0 Å². The molecule has 1 aromatic heterocycles. The molecule has 1 aromatic carbocycles. The molecule has 2 heterocycles. The molecule has 1 unspecified atom stereocenters. The molecule has 1 amide bonds. The molecule has 2 aromatic rings. The van der Waals surface area contributed by atoms with E-state index in [2.05, 4.69) is 28.5 Å². The topological polar surface area (TPSA) is 51.2 Å². The quantitative estimate of drug-likeness (QED) is 0.918. The van der Waals surface area contributed by atoms with Crippen LogP contribution in [-0.4, -0.2) is 17.5 Å². The molecule has 4 nitrogen and oxygen atoms in total. The first kappa shape index (κ1) is 12.4. The highest BCUT2D eigenvalue weighted by Gasteiger charge is 2.33. The van der Waals surface area contributed by atoms with E-state index in [1.165, 1.54) is 11.1 Å². The number of amides is 1. The van der Waals surface area contributed by atoms with Gasteiger partial charge in [-0.25, -0.2) is 4.98 Å². The van der Waals surface area contributed by atoms with Crippen molar-refractivity contribution in [2.75, 3.05) is 6.61 Å². The van der Waals surface area contributed by atoms with Gasteiger partial charge in [-0.3, -0.25) is 4.79 Å². The maximum absolute atomic E-state index is 12.6. The monoisotopic (exact) mass is 280 g/mol. The Kier molecular flexibility index (Phi) is 2.88. The molecule has 0 bridgehead atoms. The predicted octanol–water partition coefficient (Wildman–Crippen LogP) is 2.36. The lowest BCUT2D eigenvalue weighted by Crippen LogP contribution is -2.32. The van der Waals surface area contributed by atoms with Gasteiger partial charge in [0.2, 0.25) is 11.8 Å². The minimum Gasteiger partial charge on any atom is -0.476 e. The zero-order chi connectivity index (χ0) is 14.2. The van der Waals surface area contributed by atoms with Gasteiger partial charge >= 0.3 is 0 Å². The Bertz CT molecular complexity index is 699. The van der Waals surface area contributed by atoms with Crippen molar-refractivity contribution >= 4 is 5.91 Å². The number of hydrogen-bond donors (Lipinski definition) is 1. The number of carbonyl (C=O) groups is 1. The van der Waals surface area contributed by atoms with Crippen molar-refractivity contribution < 1.29 is 9.53 Å². The van der Waals surface area contributed by atoms with Crippen molar-refractivity contribution in [3.63, 3.8) is 0 Å². The molecule has 106 valence electrons. The summed E-state index contributed by atoms with van der Waals surface area (Å²) in [6, 6.07) is 12.2. The number of benzene rings is 1. The van der Waals surface area contributed by atoms with Gasteiger partial charge in [-0.05, 0) is 30.0 Å². The van der Waals surface area contributed by atoms with Gasteiger partial charge in [0.15, 0.2) is 0 Å². The highest BCUT2D eigenvalue weighted by atomic mass is 16.5. The molecule has 0 saturated heterocycles. The van der Waals surface area contributed by atoms with E-state index in [1.54, 1.807) is 6.20 Å². The summed E-state index contributed by atoms with van der Waals surface area (Å²) in [6.45, 7) is 0.381. The van der Waals surface area contributed by atoms with E-state index in [0.29, 0.717) is 12.5 Å². The maximum atomic E-state index is 12.6. The van der Waals surface area contributed by atoms with Gasteiger partial charge in [0.25, 0.3) is 0 Å². The number of hydrogen-bond acceptors (Lipinski definition) is 3. The minimum atomic E-state index is -0.249. The van der Waals surface area contributed by atoms with E-state index in [4.69, 9.17) is 4.74 Å². The number of ether oxygens (including phenoxy) is 1. The standard InChI is InChI=1S/C17H16N2O2/c20-16(14-10-21-17-13(14)6-3-9-18-17)19-15-8-7-11-4-1-2-5-12(11)15/h1-6,9,14-15H,7-8,10H2,(H,19,20)/t14?,15-/m1/s1. The molecule has 2 atom stereocenters. The summed E-state index contributed by atoms with van der Waals surface area (Å²) < 4.78 is 5.49. The summed E-state index contributed by atoms with van der Waals surface area (Å²) in [5.74, 6) is 0.370. The lowest BCUT2D eigenvalue weighted by atomic mass is 10.0. The van der Waals surface area contributed by atoms with Crippen LogP contribution < -0.4 is 10.1 Å². The van der Waals surface area contributed by atoms with Crippen LogP contribution in [0.5, 0.6) is 5.88 Å². The van der Waals surface area contributed by atoms with Crippen LogP contribution >= 0.6 is 0 Å². The fourth-order valence-corrected chi connectivity index (χ4v) is 3.24. The maximum Gasteiger partial charge on any atom is 0.231 e. The number of aryl methyl sites for hydroxylation is 1. The third-order valence-electron chi connectivity index (χ3n) is 4.33. The Morgan fingerprint density at radius 2 is 2.05 bits per heavy atom. The van der Waals surface area contributed by atoms with Crippen LogP contribution in [0.4, 0.5) is 0 Å². The van der Waals surface area contributed by atoms with Crippen LogP contribution in [0.15, 0.2) is 42.6 Å². The lowest BCUT2D eigenvalue weighted by Gasteiger charge is -2.16. The summed E-state index contributed by atoms with van der Waals surface area (Å²) in [5.41, 5.74) is 3.48. The average molecular weight is 280 g/mol. The molecule has 21 heavy (non-hydrogen) atoms. The van der Waals surface area contributed by atoms with Gasteiger partial charge in [-0.15, -0.1) is 0 Å². The van der Waals surface area contributed by atoms with Crippen molar-refractivity contribution in [3.05, 3.63) is 59.3 Å². The number of nitrogens with one attached hydrogen (secondary N) is 1. The van der Waals surface area contributed by atoms with Crippen LogP contribution in [0.25, 0.3) is 0 Å². The fraction of sp³-hybridized carbons (Fsp3) is 0.294. The van der Waals surface area contributed by atoms with E-state index in [1.807, 2.05) is 18.2 Å². The molecule has 4 heteroatoms. The smallest absolute Gasteiger partial charge is 0.231 e. The number of rotatable bonds is 2. The lowest BCUT2D eigenvalue weighted by molar-refractivity contribution is -0.123. The molecular weight excluding hydrogens is 264 g/mol. The van der Waals surface area contributed by atoms with Crippen molar-refractivity contribution in [2.24, 2.45) is 0 Å². The number of pyridine rings is 1. The first-order chi connectivity index (χ1) is 10.3. The second-order valence-corrected chi connectivity index (χ2v) is 5.56. The highest BCUT2D eigenvalue weighted by molar-refractivity contribution is 5.85. The first-order valence-electron chi connectivity index (χ1n) is 7.29. The highest BCUT2D eigenvalue weighted by Crippen LogP contribution is 2.34. The molecule has 0 fully saturated rings. The predicted molar refractivity (Wildman–Crippen MR) is 78.1 cm³/mol. The van der Waals surface area contributed by atoms with Crippen molar-refractivity contribution in [3.8, 4) is 5.88 Å². The Morgan fingerprint density at radius 3 is 3.00 bits per heavy atom. The molecule has 1 aliphatic carbocycles. The normalized spacial score (nSPS) is 22.3. The summed E-state index contributed by atoms with van der Waals surface area (Å²) in [7, 11) is 0. The second kappa shape index (κ2) is 4.88. The van der Waals surface area contributed by atoms with Crippen LogP contribution in [0.1, 0.15) is 35.1 Å². The van der Waals surface area contributed by atoms with Gasteiger partial charge in [-0.1, -0.05) is 30.3 Å². The summed E-state index contributed by atoms with van der Waals surface area (Å²) >= 11 is 0. The third kappa shape index (κ3) is 2.07. The van der Waals surface area contributed by atoms with Gasteiger partial charge in [0.1, 0.15) is 12.5 Å². The summed E-state index contributed by atoms with van der Waals surface area (Å²) in [5, 5.41) is 3.17. The Morgan fingerprint density at radius 1 is 1.19 bits per heavy atom. The second-order valence-electron chi connectivity index (χ2n) is 5.56. The van der Waals surface area contributed by atoms with Crippen LogP contribution in [0.3, 0.4) is 0 Å². The Hall–Kier alpha value is -2.36. The largest absolute Gasteiger partial charge is 0.476 e. The van der Waals surface area contributed by atoms with Crippen LogP contribution in [-0.2, 0) is 11.2 Å². The summed E-state index contributed by atoms with van der Waals surface area (Å²) in [6.07, 6.45) is 3.69. The molecule has 4 rings (SSSR count). The van der Waals surface area contributed by atoms with E-state index in [0.717, 1.165) is 18.4 Å². The van der Waals surface area contributed by atoms with Gasteiger partial charge in [0, 0.05) is 11.8 Å². The van der Waals surface area contributed by atoms with Gasteiger partial charge in [0.05, 0.1) is 6.04 Å². The molecular formula is C17H16N2O2. The molecule has 2 aliphatic rings. The van der Waals surface area contributed by atoms with Gasteiger partial charge < -0.3 is 10.1 Å². The van der Waals surface area contributed by atoms with E-state index < -0.39 is 0 Å². The molecule has 0 spiro atoms. The van der Waals surface area contributed by atoms with Crippen molar-refractivity contribution in [1.82, 2.24) is 10.3 Å². The Balaban J connectivity index is 1.53. The summed E-state index contributed by atoms with van der Waals surface area (Å²) in [4.78, 5) is 16.7. The van der Waals surface area contributed by atoms with Crippen LogP contribution in [0.2, 0.25) is 0 Å². The molecule has 1 N–H and O–H groups in total. The molecule has 1 aliphatic heterocycles. The molecule has 0 radical (unpaired) electrons. The zero-order valence-electron chi connectivity index (χ0n) is 11.6. The Labute approximate surface area is 123 Å². The van der Waals surface area contributed by atoms with Crippen molar-refractivity contribution in [2.45, 2.75) is 24.8 Å². The number of carbonyl (C=O) groups excluding carboxylic acids is 1. The van der Waals surface area contributed by atoms with Gasteiger partial charge in [-0.2, -0.15) is 0 Å².